The number of sulfonamides is 1. The molecule has 0 aromatic heterocycles. The third kappa shape index (κ3) is 6.11. The van der Waals surface area contributed by atoms with Crippen LogP contribution in [0.3, 0.4) is 0 Å². The maximum atomic E-state index is 13.0. The highest BCUT2D eigenvalue weighted by atomic mass is 35.5. The summed E-state index contributed by atoms with van der Waals surface area (Å²) >= 11 is 6.11. The smallest absolute Gasteiger partial charge is 0.244 e. The van der Waals surface area contributed by atoms with Crippen LogP contribution in [0.4, 0.5) is 5.69 Å². The zero-order chi connectivity index (χ0) is 20.0. The summed E-state index contributed by atoms with van der Waals surface area (Å²) in [5.41, 5.74) is 1.23. The van der Waals surface area contributed by atoms with E-state index in [0.717, 1.165) is 37.5 Å². The third-order valence-electron chi connectivity index (χ3n) is 5.19. The number of benzene rings is 1. The Balaban J connectivity index is 2.29. The van der Waals surface area contributed by atoms with Gasteiger partial charge in [0.1, 0.15) is 6.04 Å². The van der Waals surface area contributed by atoms with Gasteiger partial charge in [-0.15, -0.1) is 0 Å². The molecule has 0 bridgehead atoms. The van der Waals surface area contributed by atoms with Crippen LogP contribution in [-0.4, -0.2) is 32.7 Å². The number of anilines is 1. The van der Waals surface area contributed by atoms with Crippen LogP contribution in [0.2, 0.25) is 5.02 Å². The van der Waals surface area contributed by atoms with Crippen molar-refractivity contribution in [1.29, 1.82) is 0 Å². The van der Waals surface area contributed by atoms with Gasteiger partial charge in [-0.3, -0.25) is 9.10 Å². The standard InChI is InChI=1S/C20H31ClN2O3S/c1-4-18(20(24)22-17-10-8-6-5-7-9-11-17)23(27(3,25)26)19-14-16(21)13-12-15(19)2/h12-14,17-18H,4-11H2,1-3H3,(H,22,24)/t18-/m0/s1. The Hall–Kier alpha value is -1.27. The van der Waals surface area contributed by atoms with Crippen molar-refractivity contribution < 1.29 is 13.2 Å². The molecule has 0 heterocycles. The average molecular weight is 415 g/mol. The number of carbonyl (C=O) groups is 1. The van der Waals surface area contributed by atoms with E-state index in [0.29, 0.717) is 17.1 Å². The van der Waals surface area contributed by atoms with Crippen LogP contribution in [0.1, 0.15) is 63.9 Å². The summed E-state index contributed by atoms with van der Waals surface area (Å²) in [7, 11) is -3.65. The molecule has 1 atom stereocenters. The summed E-state index contributed by atoms with van der Waals surface area (Å²) in [6.45, 7) is 3.66. The van der Waals surface area contributed by atoms with E-state index < -0.39 is 16.1 Å². The van der Waals surface area contributed by atoms with Gasteiger partial charge < -0.3 is 5.32 Å². The monoisotopic (exact) mass is 414 g/mol. The Kier molecular flexibility index (Phi) is 7.98. The molecule has 152 valence electrons. The largest absolute Gasteiger partial charge is 0.352 e. The van der Waals surface area contributed by atoms with Gasteiger partial charge in [0.25, 0.3) is 0 Å². The first-order chi connectivity index (χ1) is 12.7. The molecule has 0 spiro atoms. The Morgan fingerprint density at radius 3 is 2.37 bits per heavy atom. The summed E-state index contributed by atoms with van der Waals surface area (Å²) < 4.78 is 26.4. The van der Waals surface area contributed by atoms with Gasteiger partial charge in [-0.25, -0.2) is 8.42 Å². The minimum absolute atomic E-state index is 0.119. The predicted octanol–water partition coefficient (Wildman–Crippen LogP) is 4.42. The zero-order valence-electron chi connectivity index (χ0n) is 16.5. The molecule has 1 fully saturated rings. The summed E-state index contributed by atoms with van der Waals surface area (Å²) in [6, 6.07) is 4.44. The molecule has 1 amide bonds. The van der Waals surface area contributed by atoms with Crippen LogP contribution in [0, 0.1) is 6.92 Å². The first-order valence-corrected chi connectivity index (χ1v) is 12.0. The Labute approximate surface area is 168 Å². The molecule has 5 nitrogen and oxygen atoms in total. The number of hydrogen-bond acceptors (Lipinski definition) is 3. The normalized spacial score (nSPS) is 17.6. The summed E-state index contributed by atoms with van der Waals surface area (Å²) in [5, 5.41) is 3.56. The highest BCUT2D eigenvalue weighted by molar-refractivity contribution is 7.92. The summed E-state index contributed by atoms with van der Waals surface area (Å²) in [4.78, 5) is 13.0. The molecule has 1 aliphatic rings. The van der Waals surface area contributed by atoms with E-state index in [-0.39, 0.29) is 11.9 Å². The third-order valence-corrected chi connectivity index (χ3v) is 6.59. The highest BCUT2D eigenvalue weighted by Crippen LogP contribution is 2.29. The average Bonchev–Trinajstić information content (AvgIpc) is 2.56. The van der Waals surface area contributed by atoms with Crippen molar-refractivity contribution in [1.82, 2.24) is 5.32 Å². The predicted molar refractivity (Wildman–Crippen MR) is 112 cm³/mol. The van der Waals surface area contributed by atoms with Crippen LogP contribution >= 0.6 is 11.6 Å². The molecule has 2 rings (SSSR count). The number of aryl methyl sites for hydroxylation is 1. The molecule has 0 unspecified atom stereocenters. The van der Waals surface area contributed by atoms with Crippen molar-refractivity contribution in [2.45, 2.75) is 77.3 Å². The van der Waals surface area contributed by atoms with E-state index in [9.17, 15) is 13.2 Å². The van der Waals surface area contributed by atoms with Gasteiger partial charge in [0.15, 0.2) is 0 Å². The number of nitrogens with zero attached hydrogens (tertiary/aromatic N) is 1. The quantitative estimate of drug-likeness (QED) is 0.749. The summed E-state index contributed by atoms with van der Waals surface area (Å²) in [6.07, 6.45) is 9.29. The van der Waals surface area contributed by atoms with Crippen molar-refractivity contribution >= 4 is 33.2 Å². The Bertz CT molecular complexity index is 744. The van der Waals surface area contributed by atoms with Crippen molar-refractivity contribution in [2.24, 2.45) is 0 Å². The number of nitrogens with one attached hydrogen (secondary N) is 1. The van der Waals surface area contributed by atoms with Gasteiger partial charge in [0, 0.05) is 11.1 Å². The maximum absolute atomic E-state index is 13.0. The van der Waals surface area contributed by atoms with Crippen LogP contribution in [0.25, 0.3) is 0 Å². The van der Waals surface area contributed by atoms with Crippen LogP contribution < -0.4 is 9.62 Å². The molecule has 0 radical (unpaired) electrons. The first-order valence-electron chi connectivity index (χ1n) is 9.80. The molecular formula is C20H31ClN2O3S. The molecule has 0 saturated heterocycles. The van der Waals surface area contributed by atoms with Gasteiger partial charge in [0.2, 0.25) is 15.9 Å². The Morgan fingerprint density at radius 1 is 1.22 bits per heavy atom. The lowest BCUT2D eigenvalue weighted by molar-refractivity contribution is -0.123. The minimum atomic E-state index is -3.65. The number of amides is 1. The van der Waals surface area contributed by atoms with Gasteiger partial charge in [0.05, 0.1) is 11.9 Å². The molecule has 1 N–H and O–H groups in total. The fourth-order valence-corrected chi connectivity index (χ4v) is 5.18. The van der Waals surface area contributed by atoms with Crippen LogP contribution in [0.15, 0.2) is 18.2 Å². The second-order valence-corrected chi connectivity index (χ2v) is 9.76. The zero-order valence-corrected chi connectivity index (χ0v) is 18.1. The van der Waals surface area contributed by atoms with E-state index in [4.69, 9.17) is 11.6 Å². The van der Waals surface area contributed by atoms with E-state index in [2.05, 4.69) is 5.32 Å². The topological polar surface area (TPSA) is 66.5 Å². The molecule has 0 aliphatic heterocycles. The van der Waals surface area contributed by atoms with Crippen molar-refractivity contribution in [3.8, 4) is 0 Å². The molecule has 27 heavy (non-hydrogen) atoms. The second-order valence-electron chi connectivity index (χ2n) is 7.46. The maximum Gasteiger partial charge on any atom is 0.244 e. The fourth-order valence-electron chi connectivity index (χ4n) is 3.75. The SMILES string of the molecule is CC[C@@H](C(=O)NC1CCCCCCC1)N(c1cc(Cl)ccc1C)S(C)(=O)=O. The number of carbonyl (C=O) groups excluding carboxylic acids is 1. The van der Waals surface area contributed by atoms with Crippen LogP contribution in [0.5, 0.6) is 0 Å². The summed E-state index contributed by atoms with van der Waals surface area (Å²) in [5.74, 6) is -0.229. The fraction of sp³-hybridized carbons (Fsp3) is 0.650. The number of rotatable bonds is 6. The highest BCUT2D eigenvalue weighted by Gasteiger charge is 2.33. The number of halogens is 1. The van der Waals surface area contributed by atoms with Gasteiger partial charge in [-0.05, 0) is 43.9 Å². The number of hydrogen-bond donors (Lipinski definition) is 1. The van der Waals surface area contributed by atoms with Crippen molar-refractivity contribution in [3.63, 3.8) is 0 Å². The molecule has 1 aromatic carbocycles. The van der Waals surface area contributed by atoms with E-state index in [1.807, 2.05) is 13.8 Å². The van der Waals surface area contributed by atoms with Crippen molar-refractivity contribution in [3.05, 3.63) is 28.8 Å². The Morgan fingerprint density at radius 2 is 1.81 bits per heavy atom. The van der Waals surface area contributed by atoms with Gasteiger partial charge in [-0.2, -0.15) is 0 Å². The van der Waals surface area contributed by atoms with Crippen molar-refractivity contribution in [2.75, 3.05) is 10.6 Å². The molecular weight excluding hydrogens is 384 g/mol. The molecule has 1 aliphatic carbocycles. The molecule has 1 saturated carbocycles. The van der Waals surface area contributed by atoms with Crippen LogP contribution in [-0.2, 0) is 14.8 Å². The minimum Gasteiger partial charge on any atom is -0.352 e. The van der Waals surface area contributed by atoms with Gasteiger partial charge >= 0.3 is 0 Å². The van der Waals surface area contributed by atoms with E-state index in [1.54, 1.807) is 18.2 Å². The molecule has 1 aromatic rings. The lowest BCUT2D eigenvalue weighted by Crippen LogP contribution is -2.51. The van der Waals surface area contributed by atoms with Gasteiger partial charge in [-0.1, -0.05) is 56.7 Å². The van der Waals surface area contributed by atoms with E-state index in [1.165, 1.54) is 23.6 Å². The lowest BCUT2D eigenvalue weighted by atomic mass is 9.96. The lowest BCUT2D eigenvalue weighted by Gasteiger charge is -2.33. The second kappa shape index (κ2) is 9.78. The van der Waals surface area contributed by atoms with E-state index >= 15 is 0 Å². The first kappa shape index (κ1) is 22.0. The molecule has 7 heteroatoms.